The number of carbonyl (C=O) groups is 1. The maximum Gasteiger partial charge on any atom is 0.573 e. The first kappa shape index (κ1) is 22.1. The van der Waals surface area contributed by atoms with Gasteiger partial charge in [0.1, 0.15) is 11.8 Å². The van der Waals surface area contributed by atoms with Crippen LogP contribution in [-0.2, 0) is 27.7 Å². The van der Waals surface area contributed by atoms with Crippen LogP contribution in [0.4, 0.5) is 18.9 Å². The molecule has 1 aromatic heterocycles. The number of fused-ring (bicyclic) bond motifs is 2. The lowest BCUT2D eigenvalue weighted by molar-refractivity contribution is -0.274. The molecule has 2 heterocycles. The molecule has 2 fully saturated rings. The Morgan fingerprint density at radius 1 is 1.12 bits per heavy atom. The molecule has 0 spiro atoms. The molecule has 1 amide bonds. The quantitative estimate of drug-likeness (QED) is 0.705. The van der Waals surface area contributed by atoms with Crippen LogP contribution in [0, 0.1) is 5.92 Å². The van der Waals surface area contributed by atoms with Gasteiger partial charge in [-0.05, 0) is 80.3 Å². The van der Waals surface area contributed by atoms with Crippen molar-refractivity contribution in [2.45, 2.75) is 61.9 Å². The van der Waals surface area contributed by atoms with E-state index in [1.54, 1.807) is 6.20 Å². The molecule has 1 saturated carbocycles. The van der Waals surface area contributed by atoms with Crippen LogP contribution in [-0.4, -0.2) is 42.1 Å². The van der Waals surface area contributed by atoms with E-state index in [-0.39, 0.29) is 16.9 Å². The first-order valence-electron chi connectivity index (χ1n) is 10.8. The minimum Gasteiger partial charge on any atom is -0.406 e. The molecule has 7 nitrogen and oxygen atoms in total. The van der Waals surface area contributed by atoms with Gasteiger partial charge in [-0.3, -0.25) is 9.78 Å². The third-order valence-corrected chi connectivity index (χ3v) is 8.37. The molecule has 0 bridgehead atoms. The second kappa shape index (κ2) is 7.98. The van der Waals surface area contributed by atoms with E-state index in [1.807, 2.05) is 6.07 Å². The van der Waals surface area contributed by atoms with Crippen LogP contribution in [0.1, 0.15) is 36.9 Å². The predicted molar refractivity (Wildman–Crippen MR) is 112 cm³/mol. The predicted octanol–water partition coefficient (Wildman–Crippen LogP) is 3.65. The number of hydrogen-bond donors (Lipinski definition) is 1. The highest BCUT2D eigenvalue weighted by Gasteiger charge is 2.58. The van der Waals surface area contributed by atoms with E-state index in [0.29, 0.717) is 18.5 Å². The fourth-order valence-corrected chi connectivity index (χ4v) is 6.66. The number of hydrogen-bond acceptors (Lipinski definition) is 5. The van der Waals surface area contributed by atoms with E-state index >= 15 is 0 Å². The number of amides is 1. The number of benzene rings is 1. The fraction of sp³-hybridized carbons (Fsp3) is 0.455. The van der Waals surface area contributed by atoms with E-state index in [2.05, 4.69) is 15.0 Å². The number of pyridine rings is 1. The third-order valence-electron chi connectivity index (χ3n) is 6.42. The first-order chi connectivity index (χ1) is 15.6. The van der Waals surface area contributed by atoms with Crippen molar-refractivity contribution in [1.82, 2.24) is 9.29 Å². The SMILES string of the molecule is O=C(Nc1cnc2c(c1)CCCC2)[C@@H]1C[C@H]2C[C@@H]2N1S(=O)(=O)c1ccc(OC(F)(F)F)cc1. The summed E-state index contributed by atoms with van der Waals surface area (Å²) in [7, 11) is -4.09. The van der Waals surface area contributed by atoms with Gasteiger partial charge in [-0.25, -0.2) is 8.42 Å². The molecule has 1 N–H and O–H groups in total. The summed E-state index contributed by atoms with van der Waals surface area (Å²) in [6, 6.07) is 4.76. The highest BCUT2D eigenvalue weighted by molar-refractivity contribution is 7.89. The number of piperidine rings is 1. The maximum absolute atomic E-state index is 13.3. The molecule has 11 heteroatoms. The zero-order chi connectivity index (χ0) is 23.4. The van der Waals surface area contributed by atoms with Gasteiger partial charge < -0.3 is 10.1 Å². The van der Waals surface area contributed by atoms with Gasteiger partial charge in [0.25, 0.3) is 0 Å². The van der Waals surface area contributed by atoms with E-state index in [1.165, 1.54) is 4.31 Å². The molecule has 3 atom stereocenters. The summed E-state index contributed by atoms with van der Waals surface area (Å²) in [6.07, 6.45) is 1.76. The number of alkyl halides is 3. The van der Waals surface area contributed by atoms with Crippen LogP contribution in [0.15, 0.2) is 41.4 Å². The van der Waals surface area contributed by atoms with Gasteiger partial charge in [0.05, 0.1) is 16.8 Å². The summed E-state index contributed by atoms with van der Waals surface area (Å²) in [4.78, 5) is 17.3. The zero-order valence-corrected chi connectivity index (χ0v) is 18.3. The number of ether oxygens (including phenoxy) is 1. The molecule has 1 aromatic carbocycles. The number of sulfonamides is 1. The monoisotopic (exact) mass is 481 g/mol. The molecule has 1 saturated heterocycles. The summed E-state index contributed by atoms with van der Waals surface area (Å²) in [5, 5.41) is 2.81. The van der Waals surface area contributed by atoms with E-state index in [4.69, 9.17) is 0 Å². The molecule has 1 aliphatic heterocycles. The van der Waals surface area contributed by atoms with Gasteiger partial charge in [0.2, 0.25) is 15.9 Å². The van der Waals surface area contributed by atoms with Crippen LogP contribution in [0.2, 0.25) is 0 Å². The van der Waals surface area contributed by atoms with Crippen molar-refractivity contribution in [3.8, 4) is 5.75 Å². The summed E-state index contributed by atoms with van der Waals surface area (Å²) in [6.45, 7) is 0. The van der Waals surface area contributed by atoms with Crippen LogP contribution < -0.4 is 10.1 Å². The Labute approximate surface area is 189 Å². The normalized spacial score (nSPS) is 24.6. The van der Waals surface area contributed by atoms with Crippen molar-refractivity contribution >= 4 is 21.6 Å². The largest absolute Gasteiger partial charge is 0.573 e. The van der Waals surface area contributed by atoms with Crippen LogP contribution in [0.25, 0.3) is 0 Å². The Bertz CT molecular complexity index is 1180. The Morgan fingerprint density at radius 3 is 2.58 bits per heavy atom. The standard InChI is InChI=1S/C22H22F3N3O4S/c23-22(24,25)32-16-5-7-17(8-6-16)33(30,31)28-19-10-14(19)11-20(28)21(29)27-15-9-13-3-1-2-4-18(13)26-12-15/h5-9,12,14,19-20H,1-4,10-11H2,(H,27,29)/t14-,19+,20+/m1/s1. The Kier molecular flexibility index (Phi) is 5.36. The molecule has 176 valence electrons. The molecule has 2 aromatic rings. The van der Waals surface area contributed by atoms with Gasteiger partial charge in [-0.15, -0.1) is 13.2 Å². The lowest BCUT2D eigenvalue weighted by atomic mass is 9.96. The molecule has 0 unspecified atom stereocenters. The lowest BCUT2D eigenvalue weighted by Gasteiger charge is -2.26. The zero-order valence-electron chi connectivity index (χ0n) is 17.5. The minimum atomic E-state index is -4.87. The molecular formula is C22H22F3N3O4S. The van der Waals surface area contributed by atoms with E-state index in [0.717, 1.165) is 61.2 Å². The number of nitrogens with zero attached hydrogens (tertiary/aromatic N) is 2. The van der Waals surface area contributed by atoms with Crippen LogP contribution >= 0.6 is 0 Å². The molecule has 5 rings (SSSR count). The molecule has 2 aliphatic carbocycles. The first-order valence-corrected chi connectivity index (χ1v) is 12.2. The Morgan fingerprint density at radius 2 is 1.85 bits per heavy atom. The van der Waals surface area contributed by atoms with Crippen LogP contribution in [0.5, 0.6) is 5.75 Å². The summed E-state index contributed by atoms with van der Waals surface area (Å²) >= 11 is 0. The van der Waals surface area contributed by atoms with E-state index in [9.17, 15) is 26.4 Å². The van der Waals surface area contributed by atoms with Crippen LogP contribution in [0.3, 0.4) is 0 Å². The van der Waals surface area contributed by atoms with Gasteiger partial charge in [0, 0.05) is 11.7 Å². The number of rotatable bonds is 5. The maximum atomic E-state index is 13.3. The van der Waals surface area contributed by atoms with Crippen molar-refractivity contribution in [3.05, 3.63) is 47.8 Å². The Balaban J connectivity index is 1.34. The number of nitrogens with one attached hydrogen (secondary N) is 1. The average Bonchev–Trinajstić information content (AvgIpc) is 3.41. The highest BCUT2D eigenvalue weighted by Crippen LogP contribution is 2.50. The van der Waals surface area contributed by atoms with Gasteiger partial charge in [-0.2, -0.15) is 4.31 Å². The van der Waals surface area contributed by atoms with Crippen molar-refractivity contribution in [2.75, 3.05) is 5.32 Å². The van der Waals surface area contributed by atoms with Crippen molar-refractivity contribution < 1.29 is 31.1 Å². The average molecular weight is 481 g/mol. The second-order valence-electron chi connectivity index (χ2n) is 8.69. The van der Waals surface area contributed by atoms with Gasteiger partial charge in [-0.1, -0.05) is 0 Å². The van der Waals surface area contributed by atoms with Crippen molar-refractivity contribution in [1.29, 1.82) is 0 Å². The summed E-state index contributed by atoms with van der Waals surface area (Å²) in [5.41, 5.74) is 2.66. The second-order valence-corrected chi connectivity index (χ2v) is 10.5. The smallest absolute Gasteiger partial charge is 0.406 e. The Hall–Kier alpha value is -2.66. The number of aromatic nitrogens is 1. The van der Waals surface area contributed by atoms with Crippen molar-refractivity contribution in [2.24, 2.45) is 5.92 Å². The molecule has 33 heavy (non-hydrogen) atoms. The number of anilines is 1. The van der Waals surface area contributed by atoms with Crippen molar-refractivity contribution in [3.63, 3.8) is 0 Å². The fourth-order valence-electron chi connectivity index (χ4n) is 4.80. The lowest BCUT2D eigenvalue weighted by Crippen LogP contribution is -2.45. The highest BCUT2D eigenvalue weighted by atomic mass is 32.2. The molecular weight excluding hydrogens is 459 g/mol. The topological polar surface area (TPSA) is 88.6 Å². The number of aryl methyl sites for hydroxylation is 2. The molecule has 3 aliphatic rings. The molecule has 0 radical (unpaired) electrons. The number of halogens is 3. The van der Waals surface area contributed by atoms with Gasteiger partial charge >= 0.3 is 6.36 Å². The summed E-state index contributed by atoms with van der Waals surface area (Å²) in [5.74, 6) is -0.841. The van der Waals surface area contributed by atoms with E-state index < -0.39 is 34.1 Å². The third kappa shape index (κ3) is 4.43. The summed E-state index contributed by atoms with van der Waals surface area (Å²) < 4.78 is 68.8. The van der Waals surface area contributed by atoms with Gasteiger partial charge in [0.15, 0.2) is 0 Å². The minimum absolute atomic E-state index is 0.102. The number of carbonyl (C=O) groups excluding carboxylic acids is 1.